The smallest absolute Gasteiger partial charge is 0.411 e. The molecule has 0 saturated carbocycles. The van der Waals surface area contributed by atoms with Crippen molar-refractivity contribution in [1.29, 1.82) is 0 Å². The number of nitro groups is 1. The summed E-state index contributed by atoms with van der Waals surface area (Å²) in [5, 5.41) is 11.1. The molecule has 0 radical (unpaired) electrons. The van der Waals surface area contributed by atoms with Gasteiger partial charge in [0.1, 0.15) is 5.60 Å². The van der Waals surface area contributed by atoms with Crippen LogP contribution in [0.2, 0.25) is 0 Å². The number of esters is 1. The zero-order valence-electron chi connectivity index (χ0n) is 17.5. The molecule has 0 bridgehead atoms. The molecule has 30 heavy (non-hydrogen) atoms. The van der Waals surface area contributed by atoms with E-state index in [1.807, 2.05) is 0 Å². The molecule has 1 unspecified atom stereocenters. The van der Waals surface area contributed by atoms with Crippen LogP contribution in [0.25, 0.3) is 0 Å². The van der Waals surface area contributed by atoms with Crippen LogP contribution in [0.15, 0.2) is 54.6 Å². The molecule has 1 amide bonds. The van der Waals surface area contributed by atoms with Gasteiger partial charge >= 0.3 is 12.1 Å². The summed E-state index contributed by atoms with van der Waals surface area (Å²) in [5.74, 6) is -0.611. The Morgan fingerprint density at radius 2 is 1.77 bits per heavy atom. The average Bonchev–Trinajstić information content (AvgIpc) is 2.67. The summed E-state index contributed by atoms with van der Waals surface area (Å²) in [6.45, 7) is 6.91. The monoisotopic (exact) mass is 414 g/mol. The molecule has 2 rings (SSSR count). The van der Waals surface area contributed by atoms with Gasteiger partial charge in [-0.05, 0) is 38.8 Å². The van der Waals surface area contributed by atoms with E-state index in [-0.39, 0.29) is 18.8 Å². The highest BCUT2D eigenvalue weighted by molar-refractivity contribution is 5.83. The molecule has 0 spiro atoms. The van der Waals surface area contributed by atoms with Gasteiger partial charge in [-0.25, -0.2) is 9.59 Å². The van der Waals surface area contributed by atoms with E-state index in [0.717, 1.165) is 0 Å². The summed E-state index contributed by atoms with van der Waals surface area (Å²) in [7, 11) is 0. The van der Waals surface area contributed by atoms with Crippen LogP contribution >= 0.6 is 0 Å². The van der Waals surface area contributed by atoms with Gasteiger partial charge in [-0.3, -0.25) is 15.0 Å². The maximum atomic E-state index is 13.1. The SMILES string of the molecule is CCOC(=O)C(c1ccccc1)N(Cc1cccc([N+](=O)[O-])c1)C(=O)OC(C)(C)C. The van der Waals surface area contributed by atoms with Gasteiger partial charge in [0.25, 0.3) is 5.69 Å². The minimum Gasteiger partial charge on any atom is -0.464 e. The molecule has 8 nitrogen and oxygen atoms in total. The molecule has 160 valence electrons. The zero-order chi connectivity index (χ0) is 22.3. The number of nitrogens with zero attached hydrogens (tertiary/aromatic N) is 2. The Kier molecular flexibility index (Phi) is 7.52. The Bertz CT molecular complexity index is 892. The predicted molar refractivity (Wildman–Crippen MR) is 111 cm³/mol. The van der Waals surface area contributed by atoms with Crippen LogP contribution in [0, 0.1) is 10.1 Å². The molecule has 1 atom stereocenters. The average molecular weight is 414 g/mol. The first-order valence-corrected chi connectivity index (χ1v) is 9.57. The number of carbonyl (C=O) groups is 2. The van der Waals surface area contributed by atoms with Gasteiger partial charge in [0, 0.05) is 12.1 Å². The van der Waals surface area contributed by atoms with E-state index in [4.69, 9.17) is 9.47 Å². The summed E-state index contributed by atoms with van der Waals surface area (Å²) in [6, 6.07) is 13.6. The molecule has 2 aromatic rings. The summed E-state index contributed by atoms with van der Waals surface area (Å²) in [5.41, 5.74) is 0.130. The number of benzene rings is 2. The molecule has 0 fully saturated rings. The standard InChI is InChI=1S/C22H26N2O6/c1-5-29-20(25)19(17-11-7-6-8-12-17)23(21(26)30-22(2,3)4)15-16-10-9-13-18(14-16)24(27)28/h6-14,19H,5,15H2,1-4H3. The molecule has 0 aliphatic rings. The number of carbonyl (C=O) groups excluding carboxylic acids is 2. The lowest BCUT2D eigenvalue weighted by Gasteiger charge is -2.32. The molecule has 0 aromatic heterocycles. The second-order valence-electron chi connectivity index (χ2n) is 7.60. The van der Waals surface area contributed by atoms with Gasteiger partial charge in [0.15, 0.2) is 6.04 Å². The normalized spacial score (nSPS) is 12.0. The number of ether oxygens (including phenoxy) is 2. The van der Waals surface area contributed by atoms with Crippen LogP contribution in [0.5, 0.6) is 0 Å². The van der Waals surface area contributed by atoms with Crippen molar-refractivity contribution in [2.45, 2.75) is 45.9 Å². The first-order valence-electron chi connectivity index (χ1n) is 9.57. The number of rotatable bonds is 7. The Balaban J connectivity index is 2.51. The molecule has 0 N–H and O–H groups in total. The molecule has 0 heterocycles. The summed E-state index contributed by atoms with van der Waals surface area (Å²) in [6.07, 6.45) is -0.726. The van der Waals surface area contributed by atoms with E-state index in [1.165, 1.54) is 23.1 Å². The highest BCUT2D eigenvalue weighted by Gasteiger charge is 2.35. The molecule has 8 heteroatoms. The van der Waals surface area contributed by atoms with Gasteiger partial charge in [-0.1, -0.05) is 42.5 Å². The molecule has 0 aliphatic heterocycles. The van der Waals surface area contributed by atoms with E-state index < -0.39 is 28.6 Å². The van der Waals surface area contributed by atoms with E-state index in [1.54, 1.807) is 64.1 Å². The second-order valence-corrected chi connectivity index (χ2v) is 7.60. The fourth-order valence-electron chi connectivity index (χ4n) is 2.85. The minimum atomic E-state index is -1.07. The Morgan fingerprint density at radius 3 is 2.33 bits per heavy atom. The van der Waals surface area contributed by atoms with Crippen molar-refractivity contribution in [3.05, 3.63) is 75.8 Å². The third kappa shape index (κ3) is 6.30. The first kappa shape index (κ1) is 22.9. The fraction of sp³-hybridized carbons (Fsp3) is 0.364. The second kappa shape index (κ2) is 9.87. The number of hydrogen-bond donors (Lipinski definition) is 0. The van der Waals surface area contributed by atoms with Crippen LogP contribution in [-0.4, -0.2) is 34.1 Å². The predicted octanol–water partition coefficient (Wildman–Crippen LogP) is 4.64. The molecular weight excluding hydrogens is 388 g/mol. The topological polar surface area (TPSA) is 99.0 Å². The van der Waals surface area contributed by atoms with Crippen molar-refractivity contribution < 1.29 is 24.0 Å². The van der Waals surface area contributed by atoms with Crippen molar-refractivity contribution in [2.75, 3.05) is 6.61 Å². The number of non-ortho nitro benzene ring substituents is 1. The van der Waals surface area contributed by atoms with Crippen molar-refractivity contribution >= 4 is 17.7 Å². The maximum absolute atomic E-state index is 13.1. The number of nitro benzene ring substituents is 1. The first-order chi connectivity index (χ1) is 14.1. The summed E-state index contributed by atoms with van der Waals surface area (Å²) < 4.78 is 10.7. The van der Waals surface area contributed by atoms with Crippen LogP contribution in [0.3, 0.4) is 0 Å². The fourth-order valence-corrected chi connectivity index (χ4v) is 2.85. The highest BCUT2D eigenvalue weighted by Crippen LogP contribution is 2.28. The Morgan fingerprint density at radius 1 is 1.10 bits per heavy atom. The lowest BCUT2D eigenvalue weighted by Crippen LogP contribution is -2.42. The number of amides is 1. The van der Waals surface area contributed by atoms with E-state index in [9.17, 15) is 19.7 Å². The third-order valence-corrected chi connectivity index (χ3v) is 4.04. The van der Waals surface area contributed by atoms with E-state index in [2.05, 4.69) is 0 Å². The van der Waals surface area contributed by atoms with Gasteiger partial charge in [-0.2, -0.15) is 0 Å². The molecule has 2 aromatic carbocycles. The largest absolute Gasteiger partial charge is 0.464 e. The quantitative estimate of drug-likeness (QED) is 0.372. The summed E-state index contributed by atoms with van der Waals surface area (Å²) in [4.78, 5) is 37.8. The van der Waals surface area contributed by atoms with Crippen molar-refractivity contribution in [3.63, 3.8) is 0 Å². The zero-order valence-corrected chi connectivity index (χ0v) is 17.5. The van der Waals surface area contributed by atoms with Crippen LogP contribution in [-0.2, 0) is 20.8 Å². The third-order valence-electron chi connectivity index (χ3n) is 4.04. The molecular formula is C22H26N2O6. The maximum Gasteiger partial charge on any atom is 0.411 e. The van der Waals surface area contributed by atoms with Crippen molar-refractivity contribution in [1.82, 2.24) is 4.90 Å². The van der Waals surface area contributed by atoms with E-state index in [0.29, 0.717) is 11.1 Å². The lowest BCUT2D eigenvalue weighted by atomic mass is 10.0. The number of hydrogen-bond acceptors (Lipinski definition) is 6. The van der Waals surface area contributed by atoms with Crippen molar-refractivity contribution in [2.24, 2.45) is 0 Å². The van der Waals surface area contributed by atoms with E-state index >= 15 is 0 Å². The Labute approximate surface area is 175 Å². The van der Waals surface area contributed by atoms with Crippen LogP contribution in [0.4, 0.5) is 10.5 Å². The molecule has 0 aliphatic carbocycles. The van der Waals surface area contributed by atoms with Crippen LogP contribution in [0.1, 0.15) is 44.9 Å². The van der Waals surface area contributed by atoms with Gasteiger partial charge in [-0.15, -0.1) is 0 Å². The Hall–Kier alpha value is -3.42. The van der Waals surface area contributed by atoms with Gasteiger partial charge in [0.2, 0.25) is 0 Å². The van der Waals surface area contributed by atoms with Gasteiger partial charge < -0.3 is 9.47 Å². The van der Waals surface area contributed by atoms with Crippen molar-refractivity contribution in [3.8, 4) is 0 Å². The minimum absolute atomic E-state index is 0.0744. The summed E-state index contributed by atoms with van der Waals surface area (Å²) >= 11 is 0. The molecule has 0 saturated heterocycles. The van der Waals surface area contributed by atoms with Gasteiger partial charge in [0.05, 0.1) is 18.1 Å². The lowest BCUT2D eigenvalue weighted by molar-refractivity contribution is -0.384. The van der Waals surface area contributed by atoms with Crippen LogP contribution < -0.4 is 0 Å². The highest BCUT2D eigenvalue weighted by atomic mass is 16.6.